The third-order valence-corrected chi connectivity index (χ3v) is 5.41. The molecule has 1 amide bonds. The summed E-state index contributed by atoms with van der Waals surface area (Å²) in [6, 6.07) is 11.3. The van der Waals surface area contributed by atoms with E-state index in [9.17, 15) is 14.4 Å². The average molecular weight is 453 g/mol. The molecule has 0 unspecified atom stereocenters. The highest BCUT2D eigenvalue weighted by atomic mass is 16.5. The molecule has 176 valence electrons. The Balaban J connectivity index is 2.23. The second-order valence-electron chi connectivity index (χ2n) is 8.92. The number of rotatable bonds is 9. The van der Waals surface area contributed by atoms with Crippen LogP contribution in [-0.2, 0) is 17.8 Å². The van der Waals surface area contributed by atoms with Gasteiger partial charge in [0, 0.05) is 32.4 Å². The second-order valence-corrected chi connectivity index (χ2v) is 8.92. The van der Waals surface area contributed by atoms with E-state index < -0.39 is 11.2 Å². The molecule has 8 nitrogen and oxygen atoms in total. The Labute approximate surface area is 193 Å². The quantitative estimate of drug-likeness (QED) is 0.538. The van der Waals surface area contributed by atoms with Gasteiger partial charge in [0.1, 0.15) is 0 Å². The van der Waals surface area contributed by atoms with Gasteiger partial charge in [-0.1, -0.05) is 58.0 Å². The highest BCUT2D eigenvalue weighted by molar-refractivity contribution is 6.05. The Hall–Kier alpha value is -3.26. The molecule has 33 heavy (non-hydrogen) atoms. The normalized spacial score (nSPS) is 11.5. The number of aromatic amines is 1. The molecule has 8 heteroatoms. The van der Waals surface area contributed by atoms with Gasteiger partial charge in [0.15, 0.2) is 5.65 Å². The summed E-state index contributed by atoms with van der Waals surface area (Å²) in [5.74, 6) is -0.147. The summed E-state index contributed by atoms with van der Waals surface area (Å²) in [6.45, 7) is 9.35. The Kier molecular flexibility index (Phi) is 7.81. The fourth-order valence-electron chi connectivity index (χ4n) is 3.72. The summed E-state index contributed by atoms with van der Waals surface area (Å²) in [5.41, 5.74) is 0.990. The lowest BCUT2D eigenvalue weighted by Gasteiger charge is -2.24. The first-order valence-corrected chi connectivity index (χ1v) is 11.2. The van der Waals surface area contributed by atoms with Crippen molar-refractivity contribution in [2.45, 2.75) is 46.7 Å². The number of amides is 1. The first-order valence-electron chi connectivity index (χ1n) is 11.2. The van der Waals surface area contributed by atoms with E-state index in [1.54, 1.807) is 18.1 Å². The maximum atomic E-state index is 13.8. The number of pyridine rings is 1. The molecule has 0 aliphatic carbocycles. The second kappa shape index (κ2) is 10.6. The van der Waals surface area contributed by atoms with Crippen molar-refractivity contribution in [1.29, 1.82) is 0 Å². The highest BCUT2D eigenvalue weighted by Gasteiger charge is 2.24. The standard InChI is InChI=1S/C25H32N4O4/c1-16(2)14-29-22-21(23(30)27-25(29)32)19(13-20(26-22)17(3)4)24(31)28(11-12-33-5)15-18-9-7-6-8-10-18/h6-10,13,16-17H,11-12,14-15H2,1-5H3,(H,27,30,32). The number of nitrogens with zero attached hydrogens (tertiary/aromatic N) is 3. The van der Waals surface area contributed by atoms with E-state index in [0.717, 1.165) is 5.56 Å². The topological polar surface area (TPSA) is 97.3 Å². The van der Waals surface area contributed by atoms with Gasteiger partial charge in [0.2, 0.25) is 0 Å². The summed E-state index contributed by atoms with van der Waals surface area (Å²) in [4.78, 5) is 48.1. The van der Waals surface area contributed by atoms with Crippen LogP contribution in [-0.4, -0.2) is 45.6 Å². The lowest BCUT2D eigenvalue weighted by Crippen LogP contribution is -2.37. The van der Waals surface area contributed by atoms with E-state index >= 15 is 0 Å². The van der Waals surface area contributed by atoms with Crippen LogP contribution in [0.15, 0.2) is 46.0 Å². The van der Waals surface area contributed by atoms with E-state index in [4.69, 9.17) is 4.74 Å². The molecule has 0 aliphatic heterocycles. The number of aromatic nitrogens is 3. The van der Waals surface area contributed by atoms with Gasteiger partial charge in [-0.15, -0.1) is 0 Å². The summed E-state index contributed by atoms with van der Waals surface area (Å²) in [6.07, 6.45) is 0. The number of carbonyl (C=O) groups excluding carboxylic acids is 1. The summed E-state index contributed by atoms with van der Waals surface area (Å²) >= 11 is 0. The third kappa shape index (κ3) is 5.57. The van der Waals surface area contributed by atoms with E-state index in [0.29, 0.717) is 31.9 Å². The Bertz CT molecular complexity index is 1230. The van der Waals surface area contributed by atoms with Crippen LogP contribution in [0.5, 0.6) is 0 Å². The third-order valence-electron chi connectivity index (χ3n) is 5.41. The van der Waals surface area contributed by atoms with E-state index in [1.807, 2.05) is 58.0 Å². The predicted octanol–water partition coefficient (Wildman–Crippen LogP) is 3.15. The zero-order valence-corrected chi connectivity index (χ0v) is 19.9. The zero-order valence-electron chi connectivity index (χ0n) is 19.9. The largest absolute Gasteiger partial charge is 0.383 e. The van der Waals surface area contributed by atoms with Crippen LogP contribution in [0.3, 0.4) is 0 Å². The van der Waals surface area contributed by atoms with Crippen molar-refractivity contribution in [1.82, 2.24) is 19.4 Å². The summed E-state index contributed by atoms with van der Waals surface area (Å²) in [5, 5.41) is 0.139. The highest BCUT2D eigenvalue weighted by Crippen LogP contribution is 2.22. The molecule has 0 aliphatic rings. The maximum absolute atomic E-state index is 13.8. The van der Waals surface area contributed by atoms with Crippen molar-refractivity contribution < 1.29 is 9.53 Å². The molecule has 0 saturated heterocycles. The molecule has 0 atom stereocenters. The van der Waals surface area contributed by atoms with Crippen molar-refractivity contribution in [3.8, 4) is 0 Å². The molecule has 1 aromatic carbocycles. The van der Waals surface area contributed by atoms with Crippen LogP contribution in [0, 0.1) is 5.92 Å². The Morgan fingerprint density at radius 1 is 1.15 bits per heavy atom. The molecule has 0 bridgehead atoms. The first-order chi connectivity index (χ1) is 15.7. The van der Waals surface area contributed by atoms with Crippen molar-refractivity contribution >= 4 is 16.9 Å². The summed E-state index contributed by atoms with van der Waals surface area (Å²) in [7, 11) is 1.58. The number of fused-ring (bicyclic) bond motifs is 1. The monoisotopic (exact) mass is 452 g/mol. The van der Waals surface area contributed by atoms with Gasteiger partial charge in [-0.05, 0) is 23.5 Å². The minimum atomic E-state index is -0.604. The molecule has 0 fully saturated rings. The molecular weight excluding hydrogens is 420 g/mol. The molecular formula is C25H32N4O4. The van der Waals surface area contributed by atoms with Gasteiger partial charge in [0.25, 0.3) is 11.5 Å². The van der Waals surface area contributed by atoms with Crippen LogP contribution in [0.2, 0.25) is 0 Å². The van der Waals surface area contributed by atoms with Gasteiger partial charge in [0.05, 0.1) is 17.6 Å². The molecule has 0 spiro atoms. The molecule has 0 radical (unpaired) electrons. The number of ether oxygens (including phenoxy) is 1. The number of H-pyrrole nitrogens is 1. The van der Waals surface area contributed by atoms with Gasteiger partial charge < -0.3 is 9.64 Å². The molecule has 2 aromatic heterocycles. The smallest absolute Gasteiger partial charge is 0.330 e. The molecule has 2 heterocycles. The van der Waals surface area contributed by atoms with Crippen LogP contribution in [0.4, 0.5) is 0 Å². The summed E-state index contributed by atoms with van der Waals surface area (Å²) < 4.78 is 6.69. The van der Waals surface area contributed by atoms with Crippen molar-refractivity contribution in [2.75, 3.05) is 20.3 Å². The van der Waals surface area contributed by atoms with Gasteiger partial charge in [-0.2, -0.15) is 0 Å². The Morgan fingerprint density at radius 2 is 1.85 bits per heavy atom. The minimum Gasteiger partial charge on any atom is -0.383 e. The van der Waals surface area contributed by atoms with Crippen molar-refractivity contribution in [2.24, 2.45) is 5.92 Å². The molecule has 0 saturated carbocycles. The number of nitrogens with one attached hydrogen (secondary N) is 1. The molecule has 1 N–H and O–H groups in total. The van der Waals surface area contributed by atoms with Crippen molar-refractivity contribution in [3.05, 3.63) is 74.1 Å². The predicted molar refractivity (Wildman–Crippen MR) is 129 cm³/mol. The number of hydrogen-bond donors (Lipinski definition) is 1. The Morgan fingerprint density at radius 3 is 2.45 bits per heavy atom. The lowest BCUT2D eigenvalue weighted by molar-refractivity contribution is 0.0682. The lowest BCUT2D eigenvalue weighted by atomic mass is 10.0. The zero-order chi connectivity index (χ0) is 24.1. The maximum Gasteiger partial charge on any atom is 0.330 e. The van der Waals surface area contributed by atoms with Gasteiger partial charge in [-0.3, -0.25) is 19.1 Å². The number of benzene rings is 1. The van der Waals surface area contributed by atoms with E-state index in [1.165, 1.54) is 4.57 Å². The fourth-order valence-corrected chi connectivity index (χ4v) is 3.72. The average Bonchev–Trinajstić information content (AvgIpc) is 2.78. The van der Waals surface area contributed by atoms with Crippen LogP contribution >= 0.6 is 0 Å². The van der Waals surface area contributed by atoms with Crippen LogP contribution in [0.1, 0.15) is 55.2 Å². The number of carbonyl (C=O) groups is 1. The van der Waals surface area contributed by atoms with Gasteiger partial charge in [-0.25, -0.2) is 9.78 Å². The van der Waals surface area contributed by atoms with E-state index in [-0.39, 0.29) is 34.3 Å². The van der Waals surface area contributed by atoms with E-state index in [2.05, 4.69) is 9.97 Å². The first kappa shape index (κ1) is 24.4. The fraction of sp³-hybridized carbons (Fsp3) is 0.440. The van der Waals surface area contributed by atoms with Crippen LogP contribution < -0.4 is 11.2 Å². The van der Waals surface area contributed by atoms with Crippen LogP contribution in [0.25, 0.3) is 11.0 Å². The van der Waals surface area contributed by atoms with Gasteiger partial charge >= 0.3 is 5.69 Å². The van der Waals surface area contributed by atoms with Crippen molar-refractivity contribution in [3.63, 3.8) is 0 Å². The number of hydrogen-bond acceptors (Lipinski definition) is 5. The SMILES string of the molecule is COCCN(Cc1ccccc1)C(=O)c1cc(C(C)C)nc2c1c(=O)[nH]c(=O)n2CC(C)C. The molecule has 3 aromatic rings. The minimum absolute atomic E-state index is 0.00406. The number of methoxy groups -OCH3 is 1. The molecule has 3 rings (SSSR count).